The first-order valence-electron chi connectivity index (χ1n) is 8.22. The van der Waals surface area contributed by atoms with Crippen molar-refractivity contribution >= 4 is 8.32 Å². The molecule has 0 aliphatic carbocycles. The van der Waals surface area contributed by atoms with Crippen LogP contribution < -0.4 is 0 Å². The van der Waals surface area contributed by atoms with Crippen molar-refractivity contribution in [1.29, 1.82) is 0 Å². The van der Waals surface area contributed by atoms with Crippen molar-refractivity contribution in [1.82, 2.24) is 0 Å². The molecule has 0 spiro atoms. The zero-order valence-electron chi connectivity index (χ0n) is 14.4. The standard InChI is InChI=1S/C17H34O2Si/c1-7-10-15-11-8-12-16(19-15)13-9-14-18-20(5,6)17(2,3)4/h8,12,15-16H,7,9-11,13-14H2,1-6H3/t15-,16+/m1/s1. The third kappa shape index (κ3) is 5.70. The summed E-state index contributed by atoms with van der Waals surface area (Å²) in [6, 6.07) is 0. The minimum Gasteiger partial charge on any atom is -0.417 e. The Bertz CT molecular complexity index is 305. The van der Waals surface area contributed by atoms with Crippen LogP contribution in [0.25, 0.3) is 0 Å². The van der Waals surface area contributed by atoms with Gasteiger partial charge in [-0.15, -0.1) is 0 Å². The van der Waals surface area contributed by atoms with Gasteiger partial charge < -0.3 is 9.16 Å². The van der Waals surface area contributed by atoms with E-state index in [-0.39, 0.29) is 0 Å². The Morgan fingerprint density at radius 2 is 1.95 bits per heavy atom. The Hall–Kier alpha value is -0.123. The summed E-state index contributed by atoms with van der Waals surface area (Å²) >= 11 is 0. The van der Waals surface area contributed by atoms with Crippen molar-refractivity contribution in [2.24, 2.45) is 0 Å². The van der Waals surface area contributed by atoms with Crippen LogP contribution in [-0.4, -0.2) is 27.1 Å². The van der Waals surface area contributed by atoms with Crippen LogP contribution in [0.5, 0.6) is 0 Å². The number of ether oxygens (including phenoxy) is 1. The van der Waals surface area contributed by atoms with Gasteiger partial charge in [0, 0.05) is 6.61 Å². The monoisotopic (exact) mass is 298 g/mol. The zero-order chi connectivity index (χ0) is 15.2. The van der Waals surface area contributed by atoms with Gasteiger partial charge in [-0.3, -0.25) is 0 Å². The molecule has 0 fully saturated rings. The molecule has 2 atom stereocenters. The lowest BCUT2D eigenvalue weighted by atomic mass is 10.1. The fraction of sp³-hybridized carbons (Fsp3) is 0.882. The number of hydrogen-bond acceptors (Lipinski definition) is 2. The number of rotatable bonds is 7. The summed E-state index contributed by atoms with van der Waals surface area (Å²) in [7, 11) is -1.58. The van der Waals surface area contributed by atoms with E-state index >= 15 is 0 Å². The molecule has 2 nitrogen and oxygen atoms in total. The third-order valence-corrected chi connectivity index (χ3v) is 9.17. The van der Waals surface area contributed by atoms with E-state index in [2.05, 4.69) is 52.9 Å². The van der Waals surface area contributed by atoms with E-state index < -0.39 is 8.32 Å². The number of hydrogen-bond donors (Lipinski definition) is 0. The van der Waals surface area contributed by atoms with Gasteiger partial charge in [0.2, 0.25) is 0 Å². The molecule has 0 unspecified atom stereocenters. The fourth-order valence-corrected chi connectivity index (χ4v) is 3.32. The fourth-order valence-electron chi connectivity index (χ4n) is 2.23. The summed E-state index contributed by atoms with van der Waals surface area (Å²) < 4.78 is 12.3. The maximum absolute atomic E-state index is 6.22. The Balaban J connectivity index is 2.25. The second-order valence-corrected chi connectivity index (χ2v) is 12.3. The average Bonchev–Trinajstić information content (AvgIpc) is 2.34. The highest BCUT2D eigenvalue weighted by atomic mass is 28.4. The quantitative estimate of drug-likeness (QED) is 0.360. The van der Waals surface area contributed by atoms with E-state index in [4.69, 9.17) is 9.16 Å². The Morgan fingerprint density at radius 3 is 2.55 bits per heavy atom. The molecular weight excluding hydrogens is 264 g/mol. The van der Waals surface area contributed by atoms with Crippen LogP contribution in [0.4, 0.5) is 0 Å². The van der Waals surface area contributed by atoms with Crippen molar-refractivity contribution < 1.29 is 9.16 Å². The van der Waals surface area contributed by atoms with Crippen LogP contribution in [-0.2, 0) is 9.16 Å². The Morgan fingerprint density at radius 1 is 1.25 bits per heavy atom. The minimum atomic E-state index is -1.58. The summed E-state index contributed by atoms with van der Waals surface area (Å²) in [5.41, 5.74) is 0. The van der Waals surface area contributed by atoms with Gasteiger partial charge in [-0.05, 0) is 43.8 Å². The molecule has 1 aliphatic rings. The molecule has 1 heterocycles. The highest BCUT2D eigenvalue weighted by Gasteiger charge is 2.36. The van der Waals surface area contributed by atoms with Crippen molar-refractivity contribution in [3.8, 4) is 0 Å². The van der Waals surface area contributed by atoms with Gasteiger partial charge in [0.15, 0.2) is 8.32 Å². The molecule has 118 valence electrons. The zero-order valence-corrected chi connectivity index (χ0v) is 15.4. The van der Waals surface area contributed by atoms with Gasteiger partial charge in [0.1, 0.15) is 0 Å². The maximum atomic E-state index is 6.22. The summed E-state index contributed by atoms with van der Waals surface area (Å²) in [5, 5.41) is 0.306. The predicted octanol–water partition coefficient (Wildman–Crippen LogP) is 5.30. The molecule has 0 amide bonds. The van der Waals surface area contributed by atoms with Gasteiger partial charge in [-0.1, -0.05) is 46.3 Å². The minimum absolute atomic E-state index is 0.306. The molecule has 0 saturated heterocycles. The van der Waals surface area contributed by atoms with Crippen LogP contribution in [0, 0.1) is 0 Å². The van der Waals surface area contributed by atoms with Crippen molar-refractivity contribution in [3.63, 3.8) is 0 Å². The van der Waals surface area contributed by atoms with Crippen LogP contribution >= 0.6 is 0 Å². The normalized spacial score (nSPS) is 24.1. The van der Waals surface area contributed by atoms with Crippen LogP contribution in [0.3, 0.4) is 0 Å². The largest absolute Gasteiger partial charge is 0.417 e. The summed E-state index contributed by atoms with van der Waals surface area (Å²) in [6.07, 6.45) is 10.9. The molecule has 0 aromatic carbocycles. The van der Waals surface area contributed by atoms with E-state index in [9.17, 15) is 0 Å². The third-order valence-electron chi connectivity index (χ3n) is 4.63. The van der Waals surface area contributed by atoms with Crippen molar-refractivity contribution in [3.05, 3.63) is 12.2 Å². The maximum Gasteiger partial charge on any atom is 0.191 e. The van der Waals surface area contributed by atoms with Gasteiger partial charge in [0.05, 0.1) is 12.2 Å². The molecule has 1 rings (SSSR count). The molecule has 0 saturated carbocycles. The SMILES string of the molecule is CCC[C@@H]1CC=C[C@@H](CCCO[Si](C)(C)C(C)(C)C)O1. The highest BCUT2D eigenvalue weighted by Crippen LogP contribution is 2.36. The van der Waals surface area contributed by atoms with Crippen molar-refractivity contribution in [2.45, 2.75) is 90.1 Å². The molecule has 3 heteroatoms. The molecule has 20 heavy (non-hydrogen) atoms. The van der Waals surface area contributed by atoms with E-state index in [0.29, 0.717) is 17.2 Å². The molecule has 0 bridgehead atoms. The van der Waals surface area contributed by atoms with Gasteiger partial charge in [-0.2, -0.15) is 0 Å². The van der Waals surface area contributed by atoms with E-state index in [1.165, 1.54) is 12.8 Å². The predicted molar refractivity (Wildman–Crippen MR) is 89.7 cm³/mol. The summed E-state index contributed by atoms with van der Waals surface area (Å²) in [4.78, 5) is 0. The Labute approximate surface area is 127 Å². The van der Waals surface area contributed by atoms with E-state index in [1.54, 1.807) is 0 Å². The lowest BCUT2D eigenvalue weighted by Gasteiger charge is -2.36. The molecule has 0 N–H and O–H groups in total. The molecule has 0 aromatic heterocycles. The first-order chi connectivity index (χ1) is 9.26. The molecule has 1 aliphatic heterocycles. The molecule has 0 radical (unpaired) electrons. The molecular formula is C17H34O2Si. The average molecular weight is 299 g/mol. The van der Waals surface area contributed by atoms with Crippen molar-refractivity contribution in [2.75, 3.05) is 6.61 Å². The second kappa shape index (κ2) is 7.76. The van der Waals surface area contributed by atoms with Crippen LogP contribution in [0.15, 0.2) is 12.2 Å². The van der Waals surface area contributed by atoms with E-state index in [0.717, 1.165) is 25.9 Å². The second-order valence-electron chi connectivity index (χ2n) is 7.50. The smallest absolute Gasteiger partial charge is 0.191 e. The summed E-state index contributed by atoms with van der Waals surface area (Å²) in [6.45, 7) is 14.6. The van der Waals surface area contributed by atoms with Gasteiger partial charge in [-0.25, -0.2) is 0 Å². The first-order valence-corrected chi connectivity index (χ1v) is 11.1. The van der Waals surface area contributed by atoms with Crippen LogP contribution in [0.2, 0.25) is 18.1 Å². The topological polar surface area (TPSA) is 18.5 Å². The lowest BCUT2D eigenvalue weighted by molar-refractivity contribution is -0.00465. The lowest BCUT2D eigenvalue weighted by Crippen LogP contribution is -2.41. The van der Waals surface area contributed by atoms with Gasteiger partial charge in [0.25, 0.3) is 0 Å². The van der Waals surface area contributed by atoms with Crippen LogP contribution in [0.1, 0.15) is 59.8 Å². The molecule has 0 aromatic rings. The highest BCUT2D eigenvalue weighted by molar-refractivity contribution is 6.74. The van der Waals surface area contributed by atoms with Gasteiger partial charge >= 0.3 is 0 Å². The van der Waals surface area contributed by atoms with E-state index in [1.807, 2.05) is 0 Å². The summed E-state index contributed by atoms with van der Waals surface area (Å²) in [5.74, 6) is 0. The Kier molecular flexibility index (Phi) is 6.96. The first kappa shape index (κ1) is 17.9.